The van der Waals surface area contributed by atoms with Crippen molar-refractivity contribution in [3.05, 3.63) is 5.82 Å². The number of hydrogen-bond donors (Lipinski definition) is 1. The molecule has 0 bridgehead atoms. The van der Waals surface area contributed by atoms with Crippen molar-refractivity contribution < 1.29 is 0 Å². The Bertz CT molecular complexity index is 631. The van der Waals surface area contributed by atoms with Gasteiger partial charge in [0, 0.05) is 63.3 Å². The first kappa shape index (κ1) is 25.6. The fourth-order valence-electron chi connectivity index (χ4n) is 4.15. The third kappa shape index (κ3) is 7.47. The number of likely N-dealkylation sites (tertiary alicyclic amines) is 1. The number of rotatable bonds is 8. The van der Waals surface area contributed by atoms with Crippen LogP contribution in [0.25, 0.3) is 0 Å². The molecule has 3 rings (SSSR count). The van der Waals surface area contributed by atoms with Crippen LogP contribution in [0.5, 0.6) is 0 Å². The molecule has 0 amide bonds. The van der Waals surface area contributed by atoms with Gasteiger partial charge in [0.05, 0.1) is 0 Å². The molecule has 2 saturated heterocycles. The highest BCUT2D eigenvalue weighted by Gasteiger charge is 2.22. The number of piperidine rings is 1. The van der Waals surface area contributed by atoms with Gasteiger partial charge in [0.1, 0.15) is 5.82 Å². The molecule has 2 aliphatic rings. The van der Waals surface area contributed by atoms with Gasteiger partial charge in [-0.25, -0.2) is 4.98 Å². The second-order valence-electron chi connectivity index (χ2n) is 8.14. The van der Waals surface area contributed by atoms with Gasteiger partial charge in [0.25, 0.3) is 0 Å². The third-order valence-corrected chi connectivity index (χ3v) is 6.83. The Morgan fingerprint density at radius 3 is 2.60 bits per heavy atom. The van der Waals surface area contributed by atoms with Crippen molar-refractivity contribution >= 4 is 46.6 Å². The fourth-order valence-corrected chi connectivity index (χ4v) is 4.95. The quantitative estimate of drug-likeness (QED) is 0.232. The van der Waals surface area contributed by atoms with E-state index in [2.05, 4.69) is 50.1 Å². The van der Waals surface area contributed by atoms with Gasteiger partial charge in [-0.3, -0.25) is 4.99 Å². The first-order chi connectivity index (χ1) is 14.2. The Kier molecular flexibility index (Phi) is 11.7. The highest BCUT2D eigenvalue weighted by Crippen LogP contribution is 2.19. The fraction of sp³-hybridized carbons (Fsp3) is 0.857. The van der Waals surface area contributed by atoms with Gasteiger partial charge in [0.15, 0.2) is 5.96 Å². The standard InChI is InChI=1S/C21H39N7S.HI/c1-4-19-24-21(29-25-19)28-16-14-27(15-17-28)20(22-5-2)23-11-7-9-13-26-12-8-6-10-18(26)3;/h18H,4-17H2,1-3H3,(H,22,23);1H. The van der Waals surface area contributed by atoms with Gasteiger partial charge in [0.2, 0.25) is 5.13 Å². The number of piperazine rings is 1. The molecule has 1 N–H and O–H groups in total. The van der Waals surface area contributed by atoms with E-state index in [0.29, 0.717) is 0 Å². The number of aryl methyl sites for hydroxylation is 1. The average Bonchev–Trinajstić information content (AvgIpc) is 3.23. The molecule has 2 fully saturated rings. The second-order valence-corrected chi connectivity index (χ2v) is 8.87. The predicted octanol–water partition coefficient (Wildman–Crippen LogP) is 3.46. The Labute approximate surface area is 203 Å². The van der Waals surface area contributed by atoms with E-state index in [1.165, 1.54) is 56.7 Å². The summed E-state index contributed by atoms with van der Waals surface area (Å²) in [6.07, 6.45) is 7.46. The largest absolute Gasteiger partial charge is 0.357 e. The van der Waals surface area contributed by atoms with Crippen molar-refractivity contribution in [2.45, 2.75) is 65.3 Å². The normalized spacial score (nSPS) is 20.9. The van der Waals surface area contributed by atoms with Crippen LogP contribution in [-0.2, 0) is 6.42 Å². The molecular formula is C21H40IN7S. The average molecular weight is 550 g/mol. The summed E-state index contributed by atoms with van der Waals surface area (Å²) < 4.78 is 4.43. The summed E-state index contributed by atoms with van der Waals surface area (Å²) >= 11 is 1.53. The van der Waals surface area contributed by atoms with Gasteiger partial charge in [-0.15, -0.1) is 24.0 Å². The molecule has 3 heterocycles. The van der Waals surface area contributed by atoms with Crippen LogP contribution in [0, 0.1) is 0 Å². The lowest BCUT2D eigenvalue weighted by atomic mass is 10.0. The maximum atomic E-state index is 4.92. The van der Waals surface area contributed by atoms with Crippen LogP contribution in [-0.4, -0.2) is 83.5 Å². The van der Waals surface area contributed by atoms with Gasteiger partial charge < -0.3 is 20.0 Å². The van der Waals surface area contributed by atoms with Crippen LogP contribution >= 0.6 is 35.5 Å². The molecule has 30 heavy (non-hydrogen) atoms. The number of aliphatic imine (C=N–C) groups is 1. The number of nitrogens with zero attached hydrogens (tertiary/aromatic N) is 6. The number of unbranched alkanes of at least 4 members (excludes halogenated alkanes) is 1. The Hall–Kier alpha value is -0.680. The second kappa shape index (κ2) is 13.7. The monoisotopic (exact) mass is 549 g/mol. The molecule has 0 saturated carbocycles. The summed E-state index contributed by atoms with van der Waals surface area (Å²) in [4.78, 5) is 17.0. The molecule has 7 nitrogen and oxygen atoms in total. The Morgan fingerprint density at radius 1 is 1.13 bits per heavy atom. The molecule has 1 atom stereocenters. The first-order valence-corrected chi connectivity index (χ1v) is 12.3. The van der Waals surface area contributed by atoms with Crippen molar-refractivity contribution in [2.75, 3.05) is 57.3 Å². The van der Waals surface area contributed by atoms with E-state index in [9.17, 15) is 0 Å². The summed E-state index contributed by atoms with van der Waals surface area (Å²) in [7, 11) is 0. The minimum Gasteiger partial charge on any atom is -0.357 e. The van der Waals surface area contributed by atoms with Gasteiger partial charge >= 0.3 is 0 Å². The Morgan fingerprint density at radius 2 is 1.93 bits per heavy atom. The molecule has 1 unspecified atom stereocenters. The number of anilines is 1. The van der Waals surface area contributed by atoms with Gasteiger partial charge in [-0.1, -0.05) is 13.3 Å². The summed E-state index contributed by atoms with van der Waals surface area (Å²) in [5.74, 6) is 2.03. The minimum absolute atomic E-state index is 0. The number of aromatic nitrogens is 2. The zero-order valence-electron chi connectivity index (χ0n) is 19.0. The SMILES string of the molecule is CCNC(=NCCCCN1CCCCC1C)N1CCN(c2nc(CC)ns2)CC1.I. The van der Waals surface area contributed by atoms with Crippen LogP contribution < -0.4 is 10.2 Å². The summed E-state index contributed by atoms with van der Waals surface area (Å²) in [6.45, 7) is 14.9. The number of hydrogen-bond acceptors (Lipinski definition) is 6. The van der Waals surface area contributed by atoms with Crippen molar-refractivity contribution in [2.24, 2.45) is 4.99 Å². The van der Waals surface area contributed by atoms with Gasteiger partial charge in [-0.05, 0) is 52.6 Å². The van der Waals surface area contributed by atoms with E-state index in [1.54, 1.807) is 0 Å². The molecule has 0 spiro atoms. The van der Waals surface area contributed by atoms with Crippen LogP contribution in [0.2, 0.25) is 0 Å². The topological polar surface area (TPSA) is 59.9 Å². The van der Waals surface area contributed by atoms with E-state index in [0.717, 1.165) is 68.6 Å². The third-order valence-electron chi connectivity index (χ3n) is 6.01. The van der Waals surface area contributed by atoms with E-state index < -0.39 is 0 Å². The number of nitrogens with one attached hydrogen (secondary N) is 1. The molecule has 9 heteroatoms. The zero-order chi connectivity index (χ0) is 20.5. The maximum Gasteiger partial charge on any atom is 0.205 e. The molecule has 2 aliphatic heterocycles. The molecule has 1 aromatic heterocycles. The molecule has 0 radical (unpaired) electrons. The molecule has 0 aliphatic carbocycles. The molecule has 0 aromatic carbocycles. The van der Waals surface area contributed by atoms with Crippen LogP contribution in [0.4, 0.5) is 5.13 Å². The van der Waals surface area contributed by atoms with Crippen molar-refractivity contribution in [3.8, 4) is 0 Å². The lowest BCUT2D eigenvalue weighted by Crippen LogP contribution is -2.52. The van der Waals surface area contributed by atoms with Crippen LogP contribution in [0.1, 0.15) is 58.7 Å². The lowest BCUT2D eigenvalue weighted by Gasteiger charge is -2.36. The predicted molar refractivity (Wildman–Crippen MR) is 139 cm³/mol. The van der Waals surface area contributed by atoms with E-state index in [1.807, 2.05) is 0 Å². The van der Waals surface area contributed by atoms with E-state index >= 15 is 0 Å². The minimum atomic E-state index is 0. The zero-order valence-corrected chi connectivity index (χ0v) is 22.1. The molecule has 172 valence electrons. The van der Waals surface area contributed by atoms with Crippen molar-refractivity contribution in [1.82, 2.24) is 24.5 Å². The number of guanidine groups is 1. The highest BCUT2D eigenvalue weighted by atomic mass is 127. The smallest absolute Gasteiger partial charge is 0.205 e. The Balaban J connectivity index is 0.00000320. The molecular weight excluding hydrogens is 509 g/mol. The van der Waals surface area contributed by atoms with E-state index in [-0.39, 0.29) is 24.0 Å². The summed E-state index contributed by atoms with van der Waals surface area (Å²) in [5.41, 5.74) is 0. The summed E-state index contributed by atoms with van der Waals surface area (Å²) in [5, 5.41) is 4.55. The van der Waals surface area contributed by atoms with Crippen molar-refractivity contribution in [3.63, 3.8) is 0 Å². The highest BCUT2D eigenvalue weighted by molar-refractivity contribution is 14.0. The van der Waals surface area contributed by atoms with Crippen LogP contribution in [0.3, 0.4) is 0 Å². The van der Waals surface area contributed by atoms with Crippen LogP contribution in [0.15, 0.2) is 4.99 Å². The van der Waals surface area contributed by atoms with E-state index in [4.69, 9.17) is 4.99 Å². The first-order valence-electron chi connectivity index (χ1n) is 11.6. The van der Waals surface area contributed by atoms with Crippen molar-refractivity contribution in [1.29, 1.82) is 0 Å². The lowest BCUT2D eigenvalue weighted by molar-refractivity contribution is 0.158. The van der Waals surface area contributed by atoms with Gasteiger partial charge in [-0.2, -0.15) is 4.37 Å². The molecule has 1 aromatic rings. The summed E-state index contributed by atoms with van der Waals surface area (Å²) in [6, 6.07) is 0.766. The number of halogens is 1. The maximum absolute atomic E-state index is 4.92.